The van der Waals surface area contributed by atoms with Gasteiger partial charge in [0, 0.05) is 4.47 Å². The minimum Gasteiger partial charge on any atom is -0.344 e. The number of amides is 1. The molecule has 3 N–H and O–H groups in total. The molecule has 21 heavy (non-hydrogen) atoms. The highest BCUT2D eigenvalue weighted by Crippen LogP contribution is 2.21. The summed E-state index contributed by atoms with van der Waals surface area (Å²) in [6, 6.07) is 6.93. The second-order valence-electron chi connectivity index (χ2n) is 4.69. The molecule has 1 aromatic heterocycles. The van der Waals surface area contributed by atoms with Crippen LogP contribution in [0.1, 0.15) is 31.3 Å². The molecule has 1 amide bonds. The van der Waals surface area contributed by atoms with Crippen molar-refractivity contribution in [1.82, 2.24) is 15.5 Å². The van der Waals surface area contributed by atoms with E-state index in [1.165, 1.54) is 6.39 Å². The van der Waals surface area contributed by atoms with E-state index in [1.807, 2.05) is 24.3 Å². The summed E-state index contributed by atoms with van der Waals surface area (Å²) >= 11 is 3.35. The van der Waals surface area contributed by atoms with Crippen LogP contribution in [0.4, 0.5) is 0 Å². The van der Waals surface area contributed by atoms with Gasteiger partial charge in [-0.15, -0.1) is 12.4 Å². The zero-order chi connectivity index (χ0) is 14.8. The highest BCUT2D eigenvalue weighted by Gasteiger charge is 2.32. The fourth-order valence-corrected chi connectivity index (χ4v) is 1.97. The van der Waals surface area contributed by atoms with Crippen LogP contribution in [0, 0.1) is 0 Å². The van der Waals surface area contributed by atoms with Crippen LogP contribution in [0.2, 0.25) is 0 Å². The molecule has 114 valence electrons. The maximum atomic E-state index is 12.3. The molecule has 0 aliphatic rings. The van der Waals surface area contributed by atoms with Crippen molar-refractivity contribution in [2.24, 2.45) is 5.73 Å². The number of nitrogens with one attached hydrogen (secondary N) is 1. The molecule has 1 aromatic carbocycles. The predicted octanol–water partition coefficient (Wildman–Crippen LogP) is 2.31. The van der Waals surface area contributed by atoms with Crippen LogP contribution in [0.3, 0.4) is 0 Å². The first-order valence-electron chi connectivity index (χ1n) is 6.03. The van der Waals surface area contributed by atoms with Crippen LogP contribution in [-0.4, -0.2) is 16.0 Å². The highest BCUT2D eigenvalue weighted by atomic mass is 79.9. The Balaban J connectivity index is 0.00000220. The topological polar surface area (TPSA) is 94.0 Å². The summed E-state index contributed by atoms with van der Waals surface area (Å²) in [6.07, 6.45) is 1.22. The Bertz CT molecular complexity index is 587. The summed E-state index contributed by atoms with van der Waals surface area (Å²) in [6.45, 7) is 3.43. The molecule has 2 atom stereocenters. The molecule has 0 spiro atoms. The van der Waals surface area contributed by atoms with Gasteiger partial charge in [-0.3, -0.25) is 4.79 Å². The molecule has 0 aliphatic carbocycles. The number of aromatic nitrogens is 2. The summed E-state index contributed by atoms with van der Waals surface area (Å²) < 4.78 is 5.58. The number of hydrogen-bond donors (Lipinski definition) is 2. The SMILES string of the molecule is CC(NC(=O)C(C)(N)c1ccc(Br)cc1)c1ncon1.Cl. The minimum absolute atomic E-state index is 0. The van der Waals surface area contributed by atoms with E-state index < -0.39 is 5.54 Å². The molecule has 1 heterocycles. The van der Waals surface area contributed by atoms with Gasteiger partial charge in [0.25, 0.3) is 0 Å². The number of carbonyl (C=O) groups excluding carboxylic acids is 1. The van der Waals surface area contributed by atoms with Crippen molar-refractivity contribution >= 4 is 34.2 Å². The Morgan fingerprint density at radius 1 is 1.43 bits per heavy atom. The van der Waals surface area contributed by atoms with Crippen molar-refractivity contribution in [2.45, 2.75) is 25.4 Å². The normalized spacial score (nSPS) is 14.7. The van der Waals surface area contributed by atoms with Gasteiger partial charge in [0.05, 0.1) is 6.04 Å². The van der Waals surface area contributed by atoms with Gasteiger partial charge < -0.3 is 15.6 Å². The average molecular weight is 376 g/mol. The average Bonchev–Trinajstić information content (AvgIpc) is 2.93. The predicted molar refractivity (Wildman–Crippen MR) is 83.8 cm³/mol. The van der Waals surface area contributed by atoms with Crippen LogP contribution in [0.25, 0.3) is 0 Å². The van der Waals surface area contributed by atoms with E-state index in [2.05, 4.69) is 35.9 Å². The lowest BCUT2D eigenvalue weighted by Gasteiger charge is -2.25. The molecular formula is C13H16BrClN4O2. The Hall–Kier alpha value is -1.44. The van der Waals surface area contributed by atoms with Crippen LogP contribution in [0.15, 0.2) is 39.7 Å². The second kappa shape index (κ2) is 7.02. The smallest absolute Gasteiger partial charge is 0.244 e. The zero-order valence-electron chi connectivity index (χ0n) is 11.5. The lowest BCUT2D eigenvalue weighted by Crippen LogP contribution is -2.49. The number of hydrogen-bond acceptors (Lipinski definition) is 5. The van der Waals surface area contributed by atoms with Crippen LogP contribution < -0.4 is 11.1 Å². The van der Waals surface area contributed by atoms with Crippen molar-refractivity contribution < 1.29 is 9.32 Å². The van der Waals surface area contributed by atoms with Gasteiger partial charge in [0.15, 0.2) is 5.82 Å². The molecule has 2 unspecified atom stereocenters. The molecule has 0 bridgehead atoms. The van der Waals surface area contributed by atoms with Gasteiger partial charge in [-0.05, 0) is 31.5 Å². The van der Waals surface area contributed by atoms with Gasteiger partial charge in [-0.1, -0.05) is 33.2 Å². The highest BCUT2D eigenvalue weighted by molar-refractivity contribution is 9.10. The molecule has 6 nitrogen and oxygen atoms in total. The van der Waals surface area contributed by atoms with Gasteiger partial charge in [0.2, 0.25) is 12.3 Å². The second-order valence-corrected chi connectivity index (χ2v) is 5.61. The van der Waals surface area contributed by atoms with E-state index in [4.69, 9.17) is 5.73 Å². The lowest BCUT2D eigenvalue weighted by atomic mass is 9.92. The quantitative estimate of drug-likeness (QED) is 0.855. The van der Waals surface area contributed by atoms with Gasteiger partial charge in [0.1, 0.15) is 5.54 Å². The van der Waals surface area contributed by atoms with Crippen LogP contribution in [-0.2, 0) is 10.3 Å². The number of carbonyl (C=O) groups is 1. The third-order valence-corrected chi connectivity index (χ3v) is 3.56. The van der Waals surface area contributed by atoms with Gasteiger partial charge >= 0.3 is 0 Å². The summed E-state index contributed by atoms with van der Waals surface area (Å²) in [5.74, 6) is 0.0991. The van der Waals surface area contributed by atoms with Crippen molar-refractivity contribution in [3.05, 3.63) is 46.5 Å². The third-order valence-electron chi connectivity index (χ3n) is 3.03. The Kier molecular flexibility index (Phi) is 5.88. The van der Waals surface area contributed by atoms with E-state index in [0.717, 1.165) is 10.0 Å². The first-order valence-corrected chi connectivity index (χ1v) is 6.82. The van der Waals surface area contributed by atoms with E-state index >= 15 is 0 Å². The van der Waals surface area contributed by atoms with Crippen molar-refractivity contribution in [3.63, 3.8) is 0 Å². The number of nitrogens with zero attached hydrogens (tertiary/aromatic N) is 2. The maximum absolute atomic E-state index is 12.3. The first kappa shape index (κ1) is 17.6. The number of benzene rings is 1. The molecule has 8 heteroatoms. The van der Waals surface area contributed by atoms with E-state index in [1.54, 1.807) is 13.8 Å². The van der Waals surface area contributed by atoms with E-state index in [0.29, 0.717) is 5.82 Å². The number of rotatable bonds is 4. The molecule has 0 aliphatic heterocycles. The van der Waals surface area contributed by atoms with Crippen molar-refractivity contribution in [1.29, 1.82) is 0 Å². The first-order chi connectivity index (χ1) is 9.41. The van der Waals surface area contributed by atoms with Crippen LogP contribution >= 0.6 is 28.3 Å². The molecule has 2 rings (SSSR count). The summed E-state index contributed by atoms with van der Waals surface area (Å²) in [7, 11) is 0. The molecule has 2 aromatic rings. The Morgan fingerprint density at radius 2 is 2.05 bits per heavy atom. The molecule has 0 fully saturated rings. The third kappa shape index (κ3) is 4.03. The van der Waals surface area contributed by atoms with Crippen molar-refractivity contribution in [3.8, 4) is 0 Å². The number of halogens is 2. The molecule has 0 saturated heterocycles. The Morgan fingerprint density at radius 3 is 2.57 bits per heavy atom. The standard InChI is InChI=1S/C13H15BrN4O2.ClH/c1-8(11-16-7-20-18-11)17-12(19)13(2,15)9-3-5-10(14)6-4-9;/h3-8H,15H2,1-2H3,(H,17,19);1H. The molecule has 0 radical (unpaired) electrons. The summed E-state index contributed by atoms with van der Waals surface area (Å²) in [5.41, 5.74) is 5.72. The Labute approximate surface area is 137 Å². The van der Waals surface area contributed by atoms with E-state index in [-0.39, 0.29) is 24.4 Å². The van der Waals surface area contributed by atoms with Gasteiger partial charge in [-0.25, -0.2) is 0 Å². The maximum Gasteiger partial charge on any atom is 0.244 e. The molecule has 0 saturated carbocycles. The summed E-state index contributed by atoms with van der Waals surface area (Å²) in [5, 5.41) is 6.46. The van der Waals surface area contributed by atoms with E-state index in [9.17, 15) is 4.79 Å². The number of nitrogens with two attached hydrogens (primary N) is 1. The summed E-state index contributed by atoms with van der Waals surface area (Å²) in [4.78, 5) is 16.2. The monoisotopic (exact) mass is 374 g/mol. The largest absolute Gasteiger partial charge is 0.344 e. The fourth-order valence-electron chi connectivity index (χ4n) is 1.71. The minimum atomic E-state index is -1.14. The van der Waals surface area contributed by atoms with Crippen LogP contribution in [0.5, 0.6) is 0 Å². The van der Waals surface area contributed by atoms with Gasteiger partial charge in [-0.2, -0.15) is 4.98 Å². The molecular weight excluding hydrogens is 360 g/mol. The zero-order valence-corrected chi connectivity index (χ0v) is 13.9. The van der Waals surface area contributed by atoms with Crippen molar-refractivity contribution in [2.75, 3.05) is 0 Å². The lowest BCUT2D eigenvalue weighted by molar-refractivity contribution is -0.126. The fraction of sp³-hybridized carbons (Fsp3) is 0.308.